The van der Waals surface area contributed by atoms with E-state index in [1.165, 1.54) is 6.07 Å². The van der Waals surface area contributed by atoms with E-state index in [0.717, 1.165) is 54.3 Å². The van der Waals surface area contributed by atoms with Crippen LogP contribution in [0.3, 0.4) is 0 Å². The summed E-state index contributed by atoms with van der Waals surface area (Å²) < 4.78 is 85.4. The second-order valence-electron chi connectivity index (χ2n) is 10.1. The standard InChI is InChI=1S/C33H32F6O/c1-2-3-4-5-22-6-11-25(29(34)19-22)12-7-23-9-16-28-27(18-23)15-14-26(32(28)36)13-8-24-10-17-31(30(35)20-24)40-21-33(37,38)39/h6,9-11,14-20H,2-5,7-8,12-13,21H2,1H3. The molecule has 0 bridgehead atoms. The van der Waals surface area contributed by atoms with Gasteiger partial charge in [-0.25, -0.2) is 13.2 Å². The first-order chi connectivity index (χ1) is 19.1. The first-order valence-corrected chi connectivity index (χ1v) is 13.6. The lowest BCUT2D eigenvalue weighted by Gasteiger charge is -2.11. The lowest BCUT2D eigenvalue weighted by Crippen LogP contribution is -2.19. The van der Waals surface area contributed by atoms with Crippen LogP contribution in [0, 0.1) is 17.5 Å². The number of rotatable bonds is 12. The number of unbranched alkanes of at least 4 members (excludes halogenated alkanes) is 2. The Labute approximate surface area is 230 Å². The van der Waals surface area contributed by atoms with E-state index in [-0.39, 0.29) is 11.6 Å². The van der Waals surface area contributed by atoms with Crippen LogP contribution in [0.4, 0.5) is 26.3 Å². The Morgan fingerprint density at radius 3 is 1.95 bits per heavy atom. The van der Waals surface area contributed by atoms with Gasteiger partial charge in [0.05, 0.1) is 0 Å². The summed E-state index contributed by atoms with van der Waals surface area (Å²) in [5.74, 6) is -1.92. The van der Waals surface area contributed by atoms with Crippen molar-refractivity contribution in [2.75, 3.05) is 6.61 Å². The van der Waals surface area contributed by atoms with Crippen molar-refractivity contribution in [1.82, 2.24) is 0 Å². The Kier molecular flexibility index (Phi) is 9.77. The van der Waals surface area contributed by atoms with Gasteiger partial charge < -0.3 is 4.74 Å². The smallest absolute Gasteiger partial charge is 0.422 e. The molecule has 0 N–H and O–H groups in total. The molecule has 7 heteroatoms. The van der Waals surface area contributed by atoms with Crippen LogP contribution in [0.1, 0.15) is 54.0 Å². The van der Waals surface area contributed by atoms with Crippen LogP contribution in [-0.2, 0) is 32.1 Å². The van der Waals surface area contributed by atoms with Gasteiger partial charge in [0.1, 0.15) is 11.6 Å². The van der Waals surface area contributed by atoms with Crippen LogP contribution >= 0.6 is 0 Å². The minimum absolute atomic E-state index is 0.186. The molecule has 0 heterocycles. The molecule has 4 aromatic rings. The fraction of sp³-hybridized carbons (Fsp3) is 0.333. The van der Waals surface area contributed by atoms with Crippen molar-refractivity contribution < 1.29 is 31.1 Å². The van der Waals surface area contributed by atoms with Gasteiger partial charge in [0.15, 0.2) is 18.2 Å². The molecule has 4 aromatic carbocycles. The molecule has 0 atom stereocenters. The molecule has 0 aliphatic rings. The summed E-state index contributed by atoms with van der Waals surface area (Å²) in [4.78, 5) is 0. The highest BCUT2D eigenvalue weighted by atomic mass is 19.4. The first-order valence-electron chi connectivity index (χ1n) is 13.6. The van der Waals surface area contributed by atoms with Gasteiger partial charge in [0, 0.05) is 5.39 Å². The molecular weight excluding hydrogens is 526 g/mol. The molecule has 1 nitrogen and oxygen atoms in total. The van der Waals surface area contributed by atoms with Gasteiger partial charge >= 0.3 is 6.18 Å². The maximum atomic E-state index is 15.3. The zero-order valence-electron chi connectivity index (χ0n) is 22.4. The molecule has 0 aliphatic carbocycles. The average molecular weight is 559 g/mol. The van der Waals surface area contributed by atoms with Crippen molar-refractivity contribution >= 4 is 10.8 Å². The highest BCUT2D eigenvalue weighted by Crippen LogP contribution is 2.26. The van der Waals surface area contributed by atoms with E-state index in [1.807, 2.05) is 30.3 Å². The Morgan fingerprint density at radius 1 is 0.625 bits per heavy atom. The summed E-state index contributed by atoms with van der Waals surface area (Å²) in [7, 11) is 0. The van der Waals surface area contributed by atoms with Crippen molar-refractivity contribution in [2.45, 2.75) is 64.5 Å². The SMILES string of the molecule is CCCCCc1ccc(CCc2ccc3c(F)c(CCc4ccc(OCC(F)(F)F)c(F)c4)ccc3c2)c(F)c1. The number of alkyl halides is 3. The van der Waals surface area contributed by atoms with E-state index in [1.54, 1.807) is 18.2 Å². The zero-order chi connectivity index (χ0) is 28.7. The predicted octanol–water partition coefficient (Wildman–Crippen LogP) is 9.50. The minimum Gasteiger partial charge on any atom is -0.481 e. The van der Waals surface area contributed by atoms with Crippen molar-refractivity contribution in [3.63, 3.8) is 0 Å². The van der Waals surface area contributed by atoms with Crippen LogP contribution in [0.2, 0.25) is 0 Å². The van der Waals surface area contributed by atoms with Gasteiger partial charge in [-0.1, -0.05) is 68.3 Å². The number of fused-ring (bicyclic) bond motifs is 1. The van der Waals surface area contributed by atoms with Gasteiger partial charge in [-0.3, -0.25) is 0 Å². The van der Waals surface area contributed by atoms with Crippen molar-refractivity contribution in [1.29, 1.82) is 0 Å². The summed E-state index contributed by atoms with van der Waals surface area (Å²) in [6, 6.07) is 18.2. The number of benzene rings is 4. The molecule has 212 valence electrons. The second kappa shape index (κ2) is 13.2. The summed E-state index contributed by atoms with van der Waals surface area (Å²) >= 11 is 0. The fourth-order valence-corrected chi connectivity index (χ4v) is 4.80. The van der Waals surface area contributed by atoms with Gasteiger partial charge in [-0.15, -0.1) is 0 Å². The molecule has 4 rings (SSSR count). The molecule has 0 saturated heterocycles. The Balaban J connectivity index is 1.37. The minimum atomic E-state index is -4.56. The van der Waals surface area contributed by atoms with E-state index in [9.17, 15) is 22.0 Å². The van der Waals surface area contributed by atoms with Gasteiger partial charge in [0.25, 0.3) is 0 Å². The Bertz CT molecular complexity index is 1440. The van der Waals surface area contributed by atoms with Gasteiger partial charge in [-0.05, 0) is 89.9 Å². The maximum absolute atomic E-state index is 15.3. The third kappa shape index (κ3) is 8.03. The number of halogens is 6. The molecule has 0 aliphatic heterocycles. The lowest BCUT2D eigenvalue weighted by atomic mass is 9.96. The van der Waals surface area contributed by atoms with Crippen molar-refractivity contribution in [3.05, 3.63) is 112 Å². The van der Waals surface area contributed by atoms with E-state index in [2.05, 4.69) is 11.7 Å². The number of hydrogen-bond donors (Lipinski definition) is 0. The highest BCUT2D eigenvalue weighted by molar-refractivity contribution is 5.84. The second-order valence-corrected chi connectivity index (χ2v) is 10.1. The van der Waals surface area contributed by atoms with Crippen LogP contribution < -0.4 is 4.74 Å². The molecule has 0 amide bonds. The van der Waals surface area contributed by atoms with Crippen LogP contribution in [0.25, 0.3) is 10.8 Å². The van der Waals surface area contributed by atoms with Crippen LogP contribution in [0.5, 0.6) is 5.75 Å². The van der Waals surface area contributed by atoms with E-state index >= 15 is 4.39 Å². The van der Waals surface area contributed by atoms with Gasteiger partial charge in [0.2, 0.25) is 0 Å². The highest BCUT2D eigenvalue weighted by Gasteiger charge is 2.29. The van der Waals surface area contributed by atoms with Crippen molar-refractivity contribution in [2.24, 2.45) is 0 Å². The number of hydrogen-bond acceptors (Lipinski definition) is 1. The molecule has 0 unspecified atom stereocenters. The lowest BCUT2D eigenvalue weighted by molar-refractivity contribution is -0.153. The Hall–Kier alpha value is -3.48. The third-order valence-electron chi connectivity index (χ3n) is 7.04. The van der Waals surface area contributed by atoms with E-state index in [4.69, 9.17) is 0 Å². The normalized spacial score (nSPS) is 11.8. The molecule has 0 saturated carbocycles. The average Bonchev–Trinajstić information content (AvgIpc) is 2.91. The van der Waals surface area contributed by atoms with E-state index < -0.39 is 24.3 Å². The predicted molar refractivity (Wildman–Crippen MR) is 146 cm³/mol. The molecular formula is C33H32F6O. The first kappa shape index (κ1) is 29.5. The Morgan fingerprint density at radius 2 is 1.25 bits per heavy atom. The summed E-state index contributed by atoms with van der Waals surface area (Å²) in [6.45, 7) is 0.568. The van der Waals surface area contributed by atoms with Crippen molar-refractivity contribution in [3.8, 4) is 5.75 Å². The molecule has 40 heavy (non-hydrogen) atoms. The third-order valence-corrected chi connectivity index (χ3v) is 7.04. The summed E-state index contributed by atoms with van der Waals surface area (Å²) in [5, 5.41) is 1.20. The monoisotopic (exact) mass is 558 g/mol. The fourth-order valence-electron chi connectivity index (χ4n) is 4.80. The topological polar surface area (TPSA) is 9.23 Å². The van der Waals surface area contributed by atoms with Crippen LogP contribution in [0.15, 0.2) is 66.7 Å². The quantitative estimate of drug-likeness (QED) is 0.124. The largest absolute Gasteiger partial charge is 0.481 e. The van der Waals surface area contributed by atoms with E-state index in [0.29, 0.717) is 47.8 Å². The zero-order valence-corrected chi connectivity index (χ0v) is 22.4. The summed E-state index contributed by atoms with van der Waals surface area (Å²) in [5.41, 5.74) is 3.64. The van der Waals surface area contributed by atoms with Crippen LogP contribution in [-0.4, -0.2) is 12.8 Å². The molecule has 0 fully saturated rings. The number of aryl methyl sites for hydroxylation is 5. The summed E-state index contributed by atoms with van der Waals surface area (Å²) in [6.07, 6.45) is 1.41. The molecule has 0 spiro atoms. The number of ether oxygens (including phenoxy) is 1. The molecule has 0 radical (unpaired) electrons. The molecule has 0 aromatic heterocycles. The maximum Gasteiger partial charge on any atom is 0.422 e. The van der Waals surface area contributed by atoms with Gasteiger partial charge in [-0.2, -0.15) is 13.2 Å².